The fourth-order valence-corrected chi connectivity index (χ4v) is 3.00. The molecule has 1 aromatic heterocycles. The molecule has 1 aliphatic heterocycles. The number of carbonyl (C=O) groups excluding carboxylic acids is 1. The van der Waals surface area contributed by atoms with Crippen molar-refractivity contribution >= 4 is 11.6 Å². The summed E-state index contributed by atoms with van der Waals surface area (Å²) in [6, 6.07) is 9.60. The SMILES string of the molecule is C[C@H]1CN(Cc2cccc(NC(=O)c3ccn[nH]3)c2)C[C@H](C)O1. The van der Waals surface area contributed by atoms with Gasteiger partial charge in [-0.25, -0.2) is 0 Å². The van der Waals surface area contributed by atoms with Crippen molar-refractivity contribution in [1.29, 1.82) is 0 Å². The Morgan fingerprint density at radius 3 is 2.83 bits per heavy atom. The molecule has 1 aliphatic rings. The van der Waals surface area contributed by atoms with Gasteiger partial charge in [-0.05, 0) is 37.6 Å². The molecule has 2 N–H and O–H groups in total. The predicted molar refractivity (Wildman–Crippen MR) is 88.3 cm³/mol. The topological polar surface area (TPSA) is 70.2 Å². The number of anilines is 1. The summed E-state index contributed by atoms with van der Waals surface area (Å²) < 4.78 is 5.76. The highest BCUT2D eigenvalue weighted by molar-refractivity contribution is 6.02. The third kappa shape index (κ3) is 4.18. The molecule has 0 radical (unpaired) electrons. The molecule has 2 aromatic rings. The summed E-state index contributed by atoms with van der Waals surface area (Å²) in [7, 11) is 0. The van der Waals surface area contributed by atoms with Crippen LogP contribution in [-0.2, 0) is 11.3 Å². The Morgan fingerprint density at radius 2 is 2.13 bits per heavy atom. The Labute approximate surface area is 135 Å². The second-order valence-corrected chi connectivity index (χ2v) is 6.08. The molecule has 1 fully saturated rings. The van der Waals surface area contributed by atoms with E-state index in [-0.39, 0.29) is 18.1 Å². The zero-order valence-electron chi connectivity index (χ0n) is 13.5. The summed E-state index contributed by atoms with van der Waals surface area (Å²) in [5, 5.41) is 9.34. The molecule has 1 amide bonds. The van der Waals surface area contributed by atoms with Crippen LogP contribution >= 0.6 is 0 Å². The third-order valence-electron chi connectivity index (χ3n) is 3.83. The average Bonchev–Trinajstić information content (AvgIpc) is 3.00. The smallest absolute Gasteiger partial charge is 0.273 e. The minimum absolute atomic E-state index is 0.187. The number of nitrogens with one attached hydrogen (secondary N) is 2. The van der Waals surface area contributed by atoms with Gasteiger partial charge in [-0.3, -0.25) is 14.8 Å². The molecule has 1 aromatic carbocycles. The van der Waals surface area contributed by atoms with Crippen molar-refractivity contribution < 1.29 is 9.53 Å². The zero-order valence-corrected chi connectivity index (χ0v) is 13.5. The maximum Gasteiger partial charge on any atom is 0.273 e. The van der Waals surface area contributed by atoms with Crippen molar-refractivity contribution in [1.82, 2.24) is 15.1 Å². The normalized spacial score (nSPS) is 22.0. The van der Waals surface area contributed by atoms with Gasteiger partial charge in [0.2, 0.25) is 0 Å². The van der Waals surface area contributed by atoms with Gasteiger partial charge in [0, 0.05) is 31.5 Å². The van der Waals surface area contributed by atoms with E-state index < -0.39 is 0 Å². The molecule has 0 bridgehead atoms. The molecule has 6 heteroatoms. The number of nitrogens with zero attached hydrogens (tertiary/aromatic N) is 2. The van der Waals surface area contributed by atoms with Crippen LogP contribution in [0.25, 0.3) is 0 Å². The lowest BCUT2D eigenvalue weighted by Crippen LogP contribution is -2.44. The van der Waals surface area contributed by atoms with E-state index in [1.807, 2.05) is 18.2 Å². The number of aromatic nitrogens is 2. The Morgan fingerprint density at radius 1 is 1.35 bits per heavy atom. The number of H-pyrrole nitrogens is 1. The summed E-state index contributed by atoms with van der Waals surface area (Å²) in [5.41, 5.74) is 2.41. The second-order valence-electron chi connectivity index (χ2n) is 6.08. The van der Waals surface area contributed by atoms with Gasteiger partial charge in [0.25, 0.3) is 5.91 Å². The lowest BCUT2D eigenvalue weighted by Gasteiger charge is -2.35. The van der Waals surface area contributed by atoms with Gasteiger partial charge in [0.1, 0.15) is 5.69 Å². The summed E-state index contributed by atoms with van der Waals surface area (Å²) in [5.74, 6) is -0.187. The van der Waals surface area contributed by atoms with Crippen LogP contribution in [0, 0.1) is 0 Å². The first kappa shape index (κ1) is 15.7. The minimum Gasteiger partial charge on any atom is -0.373 e. The van der Waals surface area contributed by atoms with Gasteiger partial charge in [-0.2, -0.15) is 5.10 Å². The number of carbonyl (C=O) groups is 1. The van der Waals surface area contributed by atoms with Crippen molar-refractivity contribution in [3.05, 3.63) is 47.8 Å². The highest BCUT2D eigenvalue weighted by atomic mass is 16.5. The van der Waals surface area contributed by atoms with E-state index in [0.29, 0.717) is 5.69 Å². The van der Waals surface area contributed by atoms with Crippen molar-refractivity contribution in [2.75, 3.05) is 18.4 Å². The van der Waals surface area contributed by atoms with Crippen LogP contribution in [0.1, 0.15) is 29.9 Å². The first-order chi connectivity index (χ1) is 11.1. The van der Waals surface area contributed by atoms with Crippen LogP contribution in [-0.4, -0.2) is 46.3 Å². The molecule has 0 spiro atoms. The summed E-state index contributed by atoms with van der Waals surface area (Å²) in [6.07, 6.45) is 2.07. The first-order valence-electron chi connectivity index (χ1n) is 7.87. The van der Waals surface area contributed by atoms with Gasteiger partial charge in [0.15, 0.2) is 0 Å². The van der Waals surface area contributed by atoms with E-state index >= 15 is 0 Å². The molecule has 122 valence electrons. The van der Waals surface area contributed by atoms with Crippen molar-refractivity contribution in [2.45, 2.75) is 32.6 Å². The van der Waals surface area contributed by atoms with E-state index in [0.717, 1.165) is 25.3 Å². The maximum atomic E-state index is 12.1. The lowest BCUT2D eigenvalue weighted by molar-refractivity contribution is -0.0704. The zero-order chi connectivity index (χ0) is 16.2. The van der Waals surface area contributed by atoms with E-state index in [1.165, 1.54) is 5.56 Å². The van der Waals surface area contributed by atoms with Crippen LogP contribution in [0.4, 0.5) is 5.69 Å². The number of morpholine rings is 1. The summed E-state index contributed by atoms with van der Waals surface area (Å²) in [6.45, 7) is 6.91. The number of benzene rings is 1. The van der Waals surface area contributed by atoms with Crippen LogP contribution in [0.3, 0.4) is 0 Å². The molecule has 2 heterocycles. The molecule has 0 saturated carbocycles. The van der Waals surface area contributed by atoms with Gasteiger partial charge >= 0.3 is 0 Å². The van der Waals surface area contributed by atoms with Crippen molar-refractivity contribution in [2.24, 2.45) is 0 Å². The first-order valence-corrected chi connectivity index (χ1v) is 7.87. The minimum atomic E-state index is -0.187. The largest absolute Gasteiger partial charge is 0.373 e. The van der Waals surface area contributed by atoms with Crippen molar-refractivity contribution in [3.8, 4) is 0 Å². The number of aromatic amines is 1. The molecule has 0 unspecified atom stereocenters. The highest BCUT2D eigenvalue weighted by Gasteiger charge is 2.22. The number of rotatable bonds is 4. The molecular weight excluding hydrogens is 292 g/mol. The fraction of sp³-hybridized carbons (Fsp3) is 0.412. The molecule has 23 heavy (non-hydrogen) atoms. The molecule has 6 nitrogen and oxygen atoms in total. The van der Waals surface area contributed by atoms with Crippen LogP contribution in [0.15, 0.2) is 36.5 Å². The summed E-state index contributed by atoms with van der Waals surface area (Å²) in [4.78, 5) is 14.4. The van der Waals surface area contributed by atoms with Crippen LogP contribution in [0.2, 0.25) is 0 Å². The van der Waals surface area contributed by atoms with Gasteiger partial charge in [-0.1, -0.05) is 12.1 Å². The standard InChI is InChI=1S/C17H22N4O2/c1-12-9-21(10-13(2)23-12)11-14-4-3-5-15(8-14)19-17(22)16-6-7-18-20-16/h3-8,12-13H,9-11H2,1-2H3,(H,18,20)(H,19,22)/t12-,13-/m0/s1. The third-order valence-corrected chi connectivity index (χ3v) is 3.83. The Kier molecular flexibility index (Phi) is 4.73. The quantitative estimate of drug-likeness (QED) is 0.908. The highest BCUT2D eigenvalue weighted by Crippen LogP contribution is 2.17. The second kappa shape index (κ2) is 6.93. The summed E-state index contributed by atoms with van der Waals surface area (Å²) >= 11 is 0. The van der Waals surface area contributed by atoms with E-state index in [1.54, 1.807) is 12.3 Å². The van der Waals surface area contributed by atoms with Crippen LogP contribution < -0.4 is 5.32 Å². The van der Waals surface area contributed by atoms with Gasteiger partial charge in [-0.15, -0.1) is 0 Å². The molecule has 1 saturated heterocycles. The molecule has 0 aliphatic carbocycles. The Bertz CT molecular complexity index is 646. The predicted octanol–water partition coefficient (Wildman–Crippen LogP) is 2.27. The average molecular weight is 314 g/mol. The molecule has 2 atom stereocenters. The van der Waals surface area contributed by atoms with E-state index in [4.69, 9.17) is 4.74 Å². The monoisotopic (exact) mass is 314 g/mol. The molecule has 3 rings (SSSR count). The van der Waals surface area contributed by atoms with Crippen LogP contribution in [0.5, 0.6) is 0 Å². The van der Waals surface area contributed by atoms with E-state index in [2.05, 4.69) is 40.3 Å². The van der Waals surface area contributed by atoms with Gasteiger partial charge in [0.05, 0.1) is 12.2 Å². The van der Waals surface area contributed by atoms with Gasteiger partial charge < -0.3 is 10.1 Å². The Balaban J connectivity index is 1.64. The van der Waals surface area contributed by atoms with Crippen molar-refractivity contribution in [3.63, 3.8) is 0 Å². The van der Waals surface area contributed by atoms with E-state index in [9.17, 15) is 4.79 Å². The number of amides is 1. The number of ether oxygens (including phenoxy) is 1. The number of hydrogen-bond acceptors (Lipinski definition) is 4. The Hall–Kier alpha value is -2.18. The molecular formula is C17H22N4O2. The number of hydrogen-bond donors (Lipinski definition) is 2. The maximum absolute atomic E-state index is 12.1. The lowest BCUT2D eigenvalue weighted by atomic mass is 10.1. The fourth-order valence-electron chi connectivity index (χ4n) is 3.00.